The van der Waals surface area contributed by atoms with E-state index >= 15 is 0 Å². The van der Waals surface area contributed by atoms with E-state index in [0.29, 0.717) is 5.56 Å². The summed E-state index contributed by atoms with van der Waals surface area (Å²) in [7, 11) is 0. The van der Waals surface area contributed by atoms with E-state index in [2.05, 4.69) is 15.9 Å². The van der Waals surface area contributed by atoms with Gasteiger partial charge in [0.1, 0.15) is 0 Å². The van der Waals surface area contributed by atoms with E-state index in [1.54, 1.807) is 32.9 Å². The number of halogens is 1. The molecular formula is C12H13BrO3. The molecule has 0 fully saturated rings. The van der Waals surface area contributed by atoms with Gasteiger partial charge in [0.25, 0.3) is 5.78 Å². The molecule has 1 aromatic rings. The van der Waals surface area contributed by atoms with Crippen molar-refractivity contribution in [3.05, 3.63) is 33.3 Å². The summed E-state index contributed by atoms with van der Waals surface area (Å²) in [5.74, 6) is -1.37. The lowest BCUT2D eigenvalue weighted by atomic mass is 9.99. The monoisotopic (exact) mass is 284 g/mol. The van der Waals surface area contributed by atoms with E-state index in [-0.39, 0.29) is 6.61 Å². The Bertz CT molecular complexity index is 415. The van der Waals surface area contributed by atoms with Crippen LogP contribution >= 0.6 is 15.9 Å². The standard InChI is InChI=1S/C12H13BrO3/c1-4-16-12(15)11(14)10-7(2)5-9(13)6-8(10)3/h5-6H,4H2,1-3H3. The first-order chi connectivity index (χ1) is 7.47. The van der Waals surface area contributed by atoms with E-state index < -0.39 is 11.8 Å². The number of esters is 1. The predicted octanol–water partition coefficient (Wildman–Crippen LogP) is 2.81. The van der Waals surface area contributed by atoms with Crippen LogP contribution in [0, 0.1) is 13.8 Å². The molecule has 0 spiro atoms. The first kappa shape index (κ1) is 12.9. The minimum absolute atomic E-state index is 0.208. The van der Waals surface area contributed by atoms with Crippen LogP contribution in [-0.4, -0.2) is 18.4 Å². The summed E-state index contributed by atoms with van der Waals surface area (Å²) in [4.78, 5) is 23.1. The van der Waals surface area contributed by atoms with Gasteiger partial charge in [-0.1, -0.05) is 15.9 Å². The number of carbonyl (C=O) groups is 2. The van der Waals surface area contributed by atoms with Gasteiger partial charge in [0.15, 0.2) is 0 Å². The van der Waals surface area contributed by atoms with Crippen LogP contribution in [0.3, 0.4) is 0 Å². The van der Waals surface area contributed by atoms with Crippen LogP contribution < -0.4 is 0 Å². The Hall–Kier alpha value is -1.16. The zero-order valence-electron chi connectivity index (χ0n) is 9.46. The quantitative estimate of drug-likeness (QED) is 0.487. The van der Waals surface area contributed by atoms with Crippen LogP contribution in [0.15, 0.2) is 16.6 Å². The van der Waals surface area contributed by atoms with Gasteiger partial charge in [0, 0.05) is 10.0 Å². The van der Waals surface area contributed by atoms with Crippen molar-refractivity contribution in [2.45, 2.75) is 20.8 Å². The largest absolute Gasteiger partial charge is 0.460 e. The van der Waals surface area contributed by atoms with Crippen LogP contribution in [0.1, 0.15) is 28.4 Å². The second kappa shape index (κ2) is 5.25. The molecule has 3 nitrogen and oxygen atoms in total. The summed E-state index contributed by atoms with van der Waals surface area (Å²) in [5, 5.41) is 0. The second-order valence-electron chi connectivity index (χ2n) is 3.46. The Morgan fingerprint density at radius 2 is 1.75 bits per heavy atom. The third kappa shape index (κ3) is 2.70. The van der Waals surface area contributed by atoms with Crippen molar-refractivity contribution < 1.29 is 14.3 Å². The molecule has 0 amide bonds. The average Bonchev–Trinajstić information content (AvgIpc) is 2.16. The van der Waals surface area contributed by atoms with Gasteiger partial charge in [-0.05, 0) is 44.0 Å². The molecule has 0 bridgehead atoms. The number of aryl methyl sites for hydroxylation is 2. The highest BCUT2D eigenvalue weighted by molar-refractivity contribution is 9.10. The zero-order valence-corrected chi connectivity index (χ0v) is 11.1. The van der Waals surface area contributed by atoms with Gasteiger partial charge in [-0.2, -0.15) is 0 Å². The highest BCUT2D eigenvalue weighted by Crippen LogP contribution is 2.21. The predicted molar refractivity (Wildman–Crippen MR) is 64.6 cm³/mol. The molecule has 4 heteroatoms. The number of hydrogen-bond donors (Lipinski definition) is 0. The molecule has 0 heterocycles. The summed E-state index contributed by atoms with van der Waals surface area (Å²) in [6, 6.07) is 3.61. The molecule has 16 heavy (non-hydrogen) atoms. The molecule has 1 rings (SSSR count). The summed E-state index contributed by atoms with van der Waals surface area (Å²) >= 11 is 3.34. The molecule has 1 aromatic carbocycles. The fraction of sp³-hybridized carbons (Fsp3) is 0.333. The SMILES string of the molecule is CCOC(=O)C(=O)c1c(C)cc(Br)cc1C. The molecule has 0 aliphatic rings. The van der Waals surface area contributed by atoms with Crippen molar-refractivity contribution in [3.8, 4) is 0 Å². The van der Waals surface area contributed by atoms with Gasteiger partial charge < -0.3 is 4.74 Å². The molecule has 0 N–H and O–H groups in total. The Morgan fingerprint density at radius 1 is 1.25 bits per heavy atom. The minimum atomic E-state index is -0.795. The van der Waals surface area contributed by atoms with Gasteiger partial charge in [0.2, 0.25) is 0 Å². The smallest absolute Gasteiger partial charge is 0.379 e. The van der Waals surface area contributed by atoms with Crippen LogP contribution in [-0.2, 0) is 9.53 Å². The number of ketones is 1. The van der Waals surface area contributed by atoms with Gasteiger partial charge >= 0.3 is 5.97 Å². The van der Waals surface area contributed by atoms with Crippen LogP contribution in [0.5, 0.6) is 0 Å². The molecular weight excluding hydrogens is 272 g/mol. The van der Waals surface area contributed by atoms with Crippen molar-refractivity contribution >= 4 is 27.7 Å². The minimum Gasteiger partial charge on any atom is -0.460 e. The maximum Gasteiger partial charge on any atom is 0.379 e. The molecule has 0 unspecified atom stereocenters. The highest BCUT2D eigenvalue weighted by Gasteiger charge is 2.21. The van der Waals surface area contributed by atoms with Gasteiger partial charge in [-0.25, -0.2) is 4.79 Å². The average molecular weight is 285 g/mol. The molecule has 86 valence electrons. The lowest BCUT2D eigenvalue weighted by molar-refractivity contribution is -0.137. The summed E-state index contributed by atoms with van der Waals surface area (Å²) in [6.45, 7) is 5.47. The number of rotatable bonds is 3. The van der Waals surface area contributed by atoms with Gasteiger partial charge in [-0.15, -0.1) is 0 Å². The zero-order chi connectivity index (χ0) is 12.3. The van der Waals surface area contributed by atoms with Crippen molar-refractivity contribution in [2.24, 2.45) is 0 Å². The number of benzene rings is 1. The third-order valence-corrected chi connectivity index (χ3v) is 2.64. The summed E-state index contributed by atoms with van der Waals surface area (Å²) < 4.78 is 5.59. The van der Waals surface area contributed by atoms with Crippen molar-refractivity contribution in [1.29, 1.82) is 0 Å². The highest BCUT2D eigenvalue weighted by atomic mass is 79.9. The van der Waals surface area contributed by atoms with E-state index in [1.165, 1.54) is 0 Å². The fourth-order valence-electron chi connectivity index (χ4n) is 1.57. The van der Waals surface area contributed by atoms with E-state index in [9.17, 15) is 9.59 Å². The van der Waals surface area contributed by atoms with Crippen molar-refractivity contribution in [1.82, 2.24) is 0 Å². The van der Waals surface area contributed by atoms with Crippen LogP contribution in [0.2, 0.25) is 0 Å². The second-order valence-corrected chi connectivity index (χ2v) is 4.38. The number of ether oxygens (including phenoxy) is 1. The molecule has 0 aliphatic heterocycles. The summed E-state index contributed by atoms with van der Waals surface area (Å²) in [5.41, 5.74) is 1.97. The Kier molecular flexibility index (Phi) is 4.24. The van der Waals surface area contributed by atoms with E-state index in [4.69, 9.17) is 4.74 Å². The summed E-state index contributed by atoms with van der Waals surface area (Å²) in [6.07, 6.45) is 0. The number of Topliss-reactive ketones (excluding diaryl/α,β-unsaturated/α-hetero) is 1. The van der Waals surface area contributed by atoms with Gasteiger partial charge in [0.05, 0.1) is 6.61 Å². The van der Waals surface area contributed by atoms with Gasteiger partial charge in [-0.3, -0.25) is 4.79 Å². The first-order valence-electron chi connectivity index (χ1n) is 4.95. The molecule has 0 radical (unpaired) electrons. The van der Waals surface area contributed by atoms with Crippen molar-refractivity contribution in [2.75, 3.05) is 6.61 Å². The lowest BCUT2D eigenvalue weighted by Gasteiger charge is -2.08. The van der Waals surface area contributed by atoms with E-state index in [1.807, 2.05) is 0 Å². The molecule has 0 aromatic heterocycles. The molecule has 0 saturated carbocycles. The number of hydrogen-bond acceptors (Lipinski definition) is 3. The molecule has 0 aliphatic carbocycles. The maximum atomic E-state index is 11.8. The molecule has 0 saturated heterocycles. The van der Waals surface area contributed by atoms with Crippen molar-refractivity contribution in [3.63, 3.8) is 0 Å². The first-order valence-corrected chi connectivity index (χ1v) is 5.74. The Morgan fingerprint density at radius 3 is 2.19 bits per heavy atom. The molecule has 0 atom stereocenters. The normalized spacial score (nSPS) is 10.0. The van der Waals surface area contributed by atoms with E-state index in [0.717, 1.165) is 15.6 Å². The topological polar surface area (TPSA) is 43.4 Å². The Labute approximate surface area is 103 Å². The maximum absolute atomic E-state index is 11.8. The third-order valence-electron chi connectivity index (χ3n) is 2.19. The fourth-order valence-corrected chi connectivity index (χ4v) is 2.25. The van der Waals surface area contributed by atoms with Crippen LogP contribution in [0.25, 0.3) is 0 Å². The number of carbonyl (C=O) groups excluding carboxylic acids is 2. The van der Waals surface area contributed by atoms with Crippen LogP contribution in [0.4, 0.5) is 0 Å². The Balaban J connectivity index is 3.14. The lowest BCUT2D eigenvalue weighted by Crippen LogP contribution is -2.19.